The zero-order valence-electron chi connectivity index (χ0n) is 12.1. The Morgan fingerprint density at radius 1 is 1.30 bits per heavy atom. The highest BCUT2D eigenvalue weighted by molar-refractivity contribution is 8.13. The zero-order valence-corrected chi connectivity index (χ0v) is 13.7. The van der Waals surface area contributed by atoms with Gasteiger partial charge in [-0.25, -0.2) is 8.42 Å². The average molecular weight is 318 g/mol. The molecule has 0 aliphatic heterocycles. The van der Waals surface area contributed by atoms with Gasteiger partial charge in [0.1, 0.15) is 0 Å². The van der Waals surface area contributed by atoms with Crippen LogP contribution < -0.4 is 5.32 Å². The number of hydrogen-bond donors (Lipinski definition) is 1. The van der Waals surface area contributed by atoms with Gasteiger partial charge in [0.25, 0.3) is 15.0 Å². The Balaban J connectivity index is 2.85. The number of aryl methyl sites for hydroxylation is 1. The van der Waals surface area contributed by atoms with E-state index in [2.05, 4.69) is 26.1 Å². The van der Waals surface area contributed by atoms with Gasteiger partial charge in [-0.3, -0.25) is 4.79 Å². The van der Waals surface area contributed by atoms with Crippen molar-refractivity contribution in [3.8, 4) is 0 Å². The lowest BCUT2D eigenvalue weighted by molar-refractivity contribution is 0.0944. The number of nitrogens with one attached hydrogen (secondary N) is 1. The van der Waals surface area contributed by atoms with Crippen molar-refractivity contribution in [3.63, 3.8) is 0 Å². The normalized spacial score (nSPS) is 13.3. The largest absolute Gasteiger partial charge is 0.352 e. The molecule has 1 atom stereocenters. The highest BCUT2D eigenvalue weighted by Gasteiger charge is 2.15. The minimum atomic E-state index is -3.76. The lowest BCUT2D eigenvalue weighted by atomic mass is 9.98. The highest BCUT2D eigenvalue weighted by Crippen LogP contribution is 2.19. The van der Waals surface area contributed by atoms with E-state index in [0.29, 0.717) is 29.5 Å². The van der Waals surface area contributed by atoms with E-state index in [1.807, 2.05) is 0 Å². The van der Waals surface area contributed by atoms with Crippen molar-refractivity contribution >= 4 is 25.6 Å². The van der Waals surface area contributed by atoms with Gasteiger partial charge in [-0.1, -0.05) is 20.8 Å². The maximum atomic E-state index is 12.1. The highest BCUT2D eigenvalue weighted by atomic mass is 35.7. The molecule has 1 rings (SSSR count). The molecule has 0 bridgehead atoms. The summed E-state index contributed by atoms with van der Waals surface area (Å²) in [6.45, 7) is 8.54. The molecule has 0 radical (unpaired) electrons. The molecule has 0 saturated heterocycles. The summed E-state index contributed by atoms with van der Waals surface area (Å²) in [5.41, 5.74) is 1.05. The quantitative estimate of drug-likeness (QED) is 0.849. The second-order valence-corrected chi connectivity index (χ2v) is 7.91. The predicted molar refractivity (Wildman–Crippen MR) is 80.6 cm³/mol. The molecular weight excluding hydrogens is 298 g/mol. The van der Waals surface area contributed by atoms with E-state index in [-0.39, 0.29) is 10.8 Å². The third kappa shape index (κ3) is 4.49. The number of halogens is 1. The fourth-order valence-corrected chi connectivity index (χ4v) is 2.46. The molecule has 0 aliphatic rings. The first-order valence-electron chi connectivity index (χ1n) is 6.46. The molecule has 0 saturated carbocycles. The standard InChI is InChI=1S/C14H20ClNO3S/c1-9(2)11(4)8-16-14(17)13-6-5-12(7-10(13)3)20(15,18)19/h5-7,9,11H,8H2,1-4H3,(H,16,17). The smallest absolute Gasteiger partial charge is 0.261 e. The van der Waals surface area contributed by atoms with E-state index in [9.17, 15) is 13.2 Å². The molecule has 1 unspecified atom stereocenters. The fraction of sp³-hybridized carbons (Fsp3) is 0.500. The maximum absolute atomic E-state index is 12.1. The van der Waals surface area contributed by atoms with Gasteiger partial charge in [0.15, 0.2) is 0 Å². The Morgan fingerprint density at radius 3 is 2.35 bits per heavy atom. The Bertz CT molecular complexity index is 596. The predicted octanol–water partition coefficient (Wildman–Crippen LogP) is 2.94. The van der Waals surface area contributed by atoms with Gasteiger partial charge >= 0.3 is 0 Å². The summed E-state index contributed by atoms with van der Waals surface area (Å²) < 4.78 is 22.4. The topological polar surface area (TPSA) is 63.2 Å². The first-order valence-corrected chi connectivity index (χ1v) is 8.77. The summed E-state index contributed by atoms with van der Waals surface area (Å²) in [5.74, 6) is 0.662. The summed E-state index contributed by atoms with van der Waals surface area (Å²) >= 11 is 0. The van der Waals surface area contributed by atoms with Crippen LogP contribution in [0.1, 0.15) is 36.7 Å². The van der Waals surface area contributed by atoms with Crippen LogP contribution in [0.3, 0.4) is 0 Å². The molecule has 6 heteroatoms. The summed E-state index contributed by atoms with van der Waals surface area (Å²) in [7, 11) is 1.51. The molecule has 0 spiro atoms. The van der Waals surface area contributed by atoms with Crippen molar-refractivity contribution in [1.29, 1.82) is 0 Å². The monoisotopic (exact) mass is 317 g/mol. The first-order chi connectivity index (χ1) is 9.12. The van der Waals surface area contributed by atoms with E-state index < -0.39 is 9.05 Å². The van der Waals surface area contributed by atoms with Crippen molar-refractivity contribution in [3.05, 3.63) is 29.3 Å². The van der Waals surface area contributed by atoms with Crippen LogP contribution >= 0.6 is 10.7 Å². The van der Waals surface area contributed by atoms with Crippen LogP contribution in [0, 0.1) is 18.8 Å². The van der Waals surface area contributed by atoms with Crippen LogP contribution in [0.4, 0.5) is 0 Å². The molecule has 1 N–H and O–H groups in total. The van der Waals surface area contributed by atoms with Crippen LogP contribution in [-0.4, -0.2) is 20.9 Å². The van der Waals surface area contributed by atoms with Gasteiger partial charge in [-0.2, -0.15) is 0 Å². The fourth-order valence-electron chi connectivity index (χ4n) is 1.63. The Morgan fingerprint density at radius 2 is 1.90 bits per heavy atom. The summed E-state index contributed by atoms with van der Waals surface area (Å²) in [5, 5.41) is 2.86. The molecule has 1 aromatic carbocycles. The Hall–Kier alpha value is -1.07. The lowest BCUT2D eigenvalue weighted by Crippen LogP contribution is -2.30. The molecule has 20 heavy (non-hydrogen) atoms. The van der Waals surface area contributed by atoms with E-state index in [0.717, 1.165) is 0 Å². The number of amides is 1. The SMILES string of the molecule is Cc1cc(S(=O)(=O)Cl)ccc1C(=O)NCC(C)C(C)C. The Kier molecular flexibility index (Phi) is 5.59. The van der Waals surface area contributed by atoms with E-state index in [1.54, 1.807) is 6.92 Å². The molecule has 0 aliphatic carbocycles. The van der Waals surface area contributed by atoms with Gasteiger partial charge in [-0.05, 0) is 42.5 Å². The molecular formula is C14H20ClNO3S. The number of carbonyl (C=O) groups is 1. The van der Waals surface area contributed by atoms with Crippen LogP contribution in [0.5, 0.6) is 0 Å². The van der Waals surface area contributed by atoms with Gasteiger partial charge in [0.2, 0.25) is 0 Å². The lowest BCUT2D eigenvalue weighted by Gasteiger charge is -2.16. The Labute approximate surface area is 124 Å². The van der Waals surface area contributed by atoms with Gasteiger partial charge < -0.3 is 5.32 Å². The number of rotatable bonds is 5. The minimum absolute atomic E-state index is 0.00349. The van der Waals surface area contributed by atoms with Gasteiger partial charge in [0, 0.05) is 22.8 Å². The van der Waals surface area contributed by atoms with Crippen LogP contribution in [-0.2, 0) is 9.05 Å². The van der Waals surface area contributed by atoms with Crippen molar-refractivity contribution in [1.82, 2.24) is 5.32 Å². The van der Waals surface area contributed by atoms with Crippen molar-refractivity contribution in [2.24, 2.45) is 11.8 Å². The summed E-state index contributed by atoms with van der Waals surface area (Å²) in [6, 6.07) is 4.24. The van der Waals surface area contributed by atoms with E-state index in [4.69, 9.17) is 10.7 Å². The molecule has 0 fully saturated rings. The second kappa shape index (κ2) is 6.59. The number of carbonyl (C=O) groups excluding carboxylic acids is 1. The maximum Gasteiger partial charge on any atom is 0.261 e. The number of hydrogen-bond acceptors (Lipinski definition) is 3. The molecule has 112 valence electrons. The molecule has 0 heterocycles. The molecule has 4 nitrogen and oxygen atoms in total. The van der Waals surface area contributed by atoms with Crippen molar-refractivity contribution < 1.29 is 13.2 Å². The third-order valence-electron chi connectivity index (χ3n) is 3.45. The summed E-state index contributed by atoms with van der Waals surface area (Å²) in [6.07, 6.45) is 0. The molecule has 0 aromatic heterocycles. The van der Waals surface area contributed by atoms with Gasteiger partial charge in [-0.15, -0.1) is 0 Å². The second-order valence-electron chi connectivity index (χ2n) is 5.35. The summed E-state index contributed by atoms with van der Waals surface area (Å²) in [4.78, 5) is 12.1. The van der Waals surface area contributed by atoms with E-state index in [1.165, 1.54) is 18.2 Å². The average Bonchev–Trinajstić information content (AvgIpc) is 2.34. The van der Waals surface area contributed by atoms with Crippen molar-refractivity contribution in [2.75, 3.05) is 6.54 Å². The van der Waals surface area contributed by atoms with Crippen LogP contribution in [0.15, 0.2) is 23.1 Å². The zero-order chi connectivity index (χ0) is 15.5. The minimum Gasteiger partial charge on any atom is -0.352 e. The van der Waals surface area contributed by atoms with E-state index >= 15 is 0 Å². The van der Waals surface area contributed by atoms with Crippen molar-refractivity contribution in [2.45, 2.75) is 32.6 Å². The third-order valence-corrected chi connectivity index (χ3v) is 4.80. The van der Waals surface area contributed by atoms with Crippen LogP contribution in [0.25, 0.3) is 0 Å². The van der Waals surface area contributed by atoms with Gasteiger partial charge in [0.05, 0.1) is 4.90 Å². The number of benzene rings is 1. The first kappa shape index (κ1) is 17.0. The molecule has 1 amide bonds. The molecule has 1 aromatic rings. The van der Waals surface area contributed by atoms with Crippen LogP contribution in [0.2, 0.25) is 0 Å².